The largest absolute Gasteiger partial charge is 0.309 e. The van der Waals surface area contributed by atoms with Gasteiger partial charge in [-0.05, 0) is 58.7 Å². The molecular weight excluding hydrogens is 348 g/mol. The predicted molar refractivity (Wildman–Crippen MR) is 97.9 cm³/mol. The average Bonchev–Trinajstić information content (AvgIpc) is 2.90. The fourth-order valence-corrected chi connectivity index (χ4v) is 3.67. The van der Waals surface area contributed by atoms with E-state index in [-0.39, 0.29) is 0 Å². The summed E-state index contributed by atoms with van der Waals surface area (Å²) in [5, 5.41) is 11.7. The number of fused-ring (bicyclic) bond motifs is 3. The van der Waals surface area contributed by atoms with Gasteiger partial charge in [-0.25, -0.2) is 0 Å². The Morgan fingerprint density at radius 2 is 1.74 bits per heavy atom. The maximum absolute atomic E-state index is 9.13. The second kappa shape index (κ2) is 5.26. The van der Waals surface area contributed by atoms with Crippen molar-refractivity contribution in [2.45, 2.75) is 6.92 Å². The van der Waals surface area contributed by atoms with E-state index in [1.807, 2.05) is 18.2 Å². The number of nitrogens with zero attached hydrogens (tertiary/aromatic N) is 2. The first-order chi connectivity index (χ1) is 11.2. The van der Waals surface area contributed by atoms with Gasteiger partial charge in [0.25, 0.3) is 0 Å². The van der Waals surface area contributed by atoms with Gasteiger partial charge in [0.2, 0.25) is 0 Å². The predicted octanol–water partition coefficient (Wildman–Crippen LogP) is 5.73. The normalized spacial score (nSPS) is 11.0. The van der Waals surface area contributed by atoms with Crippen LogP contribution < -0.4 is 0 Å². The summed E-state index contributed by atoms with van der Waals surface area (Å²) < 4.78 is 3.07. The molecular formula is C20H13BrN2. The topological polar surface area (TPSA) is 28.7 Å². The van der Waals surface area contributed by atoms with E-state index >= 15 is 0 Å². The highest BCUT2D eigenvalue weighted by atomic mass is 79.9. The van der Waals surface area contributed by atoms with Crippen LogP contribution in [0.5, 0.6) is 0 Å². The molecule has 4 aromatic rings. The molecule has 1 aromatic heterocycles. The quantitative estimate of drug-likeness (QED) is 0.426. The summed E-state index contributed by atoms with van der Waals surface area (Å²) >= 11 is 3.50. The Morgan fingerprint density at radius 3 is 2.52 bits per heavy atom. The van der Waals surface area contributed by atoms with Crippen LogP contribution in [0.3, 0.4) is 0 Å². The van der Waals surface area contributed by atoms with Gasteiger partial charge in [0, 0.05) is 20.9 Å². The summed E-state index contributed by atoms with van der Waals surface area (Å²) in [6, 6.07) is 22.9. The molecule has 1 heterocycles. The molecule has 0 unspecified atom stereocenters. The van der Waals surface area contributed by atoms with Gasteiger partial charge in [0.1, 0.15) is 6.07 Å². The average molecular weight is 361 g/mol. The maximum atomic E-state index is 9.13. The van der Waals surface area contributed by atoms with Gasteiger partial charge < -0.3 is 4.57 Å². The van der Waals surface area contributed by atoms with Crippen molar-refractivity contribution in [1.82, 2.24) is 4.57 Å². The number of aromatic nitrogens is 1. The van der Waals surface area contributed by atoms with Crippen LogP contribution in [0.15, 0.2) is 65.1 Å². The fourth-order valence-electron chi connectivity index (χ4n) is 3.21. The first-order valence-corrected chi connectivity index (χ1v) is 8.19. The highest BCUT2D eigenvalue weighted by Gasteiger charge is 2.13. The van der Waals surface area contributed by atoms with Crippen LogP contribution in [0.1, 0.15) is 11.1 Å². The Labute approximate surface area is 142 Å². The zero-order valence-electron chi connectivity index (χ0n) is 12.5. The number of para-hydroxylation sites is 1. The molecule has 0 fully saturated rings. The van der Waals surface area contributed by atoms with Crippen molar-refractivity contribution in [3.63, 3.8) is 0 Å². The summed E-state index contributed by atoms with van der Waals surface area (Å²) in [4.78, 5) is 0. The van der Waals surface area contributed by atoms with Crippen LogP contribution in [0.4, 0.5) is 0 Å². The van der Waals surface area contributed by atoms with Gasteiger partial charge >= 0.3 is 0 Å². The first-order valence-electron chi connectivity index (χ1n) is 7.39. The smallest absolute Gasteiger partial charge is 0.100 e. The van der Waals surface area contributed by atoms with E-state index in [0.29, 0.717) is 5.56 Å². The number of benzene rings is 3. The molecule has 0 aliphatic heterocycles. The molecule has 110 valence electrons. The number of halogens is 1. The molecule has 0 bridgehead atoms. The third kappa shape index (κ3) is 2.07. The molecule has 0 amide bonds. The highest BCUT2D eigenvalue weighted by molar-refractivity contribution is 9.10. The molecule has 4 rings (SSSR count). The van der Waals surface area contributed by atoms with Crippen LogP contribution in [-0.4, -0.2) is 4.57 Å². The number of hydrogen-bond acceptors (Lipinski definition) is 1. The molecule has 0 saturated heterocycles. The maximum Gasteiger partial charge on any atom is 0.100 e. The van der Waals surface area contributed by atoms with E-state index in [2.05, 4.69) is 76.0 Å². The lowest BCUT2D eigenvalue weighted by Gasteiger charge is -2.09. The molecule has 0 N–H and O–H groups in total. The van der Waals surface area contributed by atoms with Crippen LogP contribution >= 0.6 is 15.9 Å². The summed E-state index contributed by atoms with van der Waals surface area (Å²) in [7, 11) is 0. The molecule has 2 nitrogen and oxygen atoms in total. The van der Waals surface area contributed by atoms with Gasteiger partial charge in [-0.15, -0.1) is 0 Å². The second-order valence-electron chi connectivity index (χ2n) is 5.60. The Kier molecular flexibility index (Phi) is 3.21. The second-order valence-corrected chi connectivity index (χ2v) is 6.45. The molecule has 23 heavy (non-hydrogen) atoms. The molecule has 3 aromatic carbocycles. The van der Waals surface area contributed by atoms with E-state index in [4.69, 9.17) is 5.26 Å². The summed E-state index contributed by atoms with van der Waals surface area (Å²) in [6.45, 7) is 2.15. The zero-order valence-corrected chi connectivity index (χ0v) is 14.1. The van der Waals surface area contributed by atoms with Crippen molar-refractivity contribution in [2.24, 2.45) is 0 Å². The van der Waals surface area contributed by atoms with Crippen molar-refractivity contribution in [3.8, 4) is 11.8 Å². The SMILES string of the molecule is Cc1cccc2c1c1ccccc1n2-c1ccc(C#N)c(Br)c1. The van der Waals surface area contributed by atoms with Gasteiger partial charge in [-0.2, -0.15) is 5.26 Å². The van der Waals surface area contributed by atoms with Crippen LogP contribution in [-0.2, 0) is 0 Å². The fraction of sp³-hybridized carbons (Fsp3) is 0.0500. The minimum atomic E-state index is 0.644. The van der Waals surface area contributed by atoms with E-state index in [1.165, 1.54) is 27.4 Å². The Hall–Kier alpha value is -2.57. The molecule has 0 aliphatic carbocycles. The minimum absolute atomic E-state index is 0.644. The molecule has 3 heteroatoms. The molecule has 0 radical (unpaired) electrons. The van der Waals surface area contributed by atoms with Crippen LogP contribution in [0.2, 0.25) is 0 Å². The van der Waals surface area contributed by atoms with Crippen molar-refractivity contribution >= 4 is 37.7 Å². The van der Waals surface area contributed by atoms with Gasteiger partial charge in [-0.1, -0.05) is 30.3 Å². The Bertz CT molecular complexity index is 1100. The monoisotopic (exact) mass is 360 g/mol. The number of rotatable bonds is 1. The minimum Gasteiger partial charge on any atom is -0.309 e. The van der Waals surface area contributed by atoms with Gasteiger partial charge in [0.15, 0.2) is 0 Å². The van der Waals surface area contributed by atoms with Crippen LogP contribution in [0.25, 0.3) is 27.5 Å². The van der Waals surface area contributed by atoms with E-state index in [9.17, 15) is 0 Å². The molecule has 0 saturated carbocycles. The third-order valence-electron chi connectivity index (χ3n) is 4.24. The molecule has 0 aliphatic rings. The zero-order chi connectivity index (χ0) is 16.0. The number of nitriles is 1. The lowest BCUT2D eigenvalue weighted by Crippen LogP contribution is -1.94. The molecule has 0 atom stereocenters. The van der Waals surface area contributed by atoms with Crippen molar-refractivity contribution in [2.75, 3.05) is 0 Å². The van der Waals surface area contributed by atoms with Gasteiger partial charge in [-0.3, -0.25) is 0 Å². The van der Waals surface area contributed by atoms with Crippen molar-refractivity contribution in [3.05, 3.63) is 76.3 Å². The van der Waals surface area contributed by atoms with E-state index in [0.717, 1.165) is 10.2 Å². The molecule has 0 spiro atoms. The van der Waals surface area contributed by atoms with Crippen molar-refractivity contribution in [1.29, 1.82) is 5.26 Å². The van der Waals surface area contributed by atoms with Crippen molar-refractivity contribution < 1.29 is 0 Å². The standard InChI is InChI=1S/C20H13BrN2/c1-13-5-4-8-19-20(13)16-6-2-3-7-18(16)23(19)15-10-9-14(12-22)17(21)11-15/h2-11H,1H3. The summed E-state index contributed by atoms with van der Waals surface area (Å²) in [5.74, 6) is 0. The lowest BCUT2D eigenvalue weighted by molar-refractivity contribution is 1.17. The third-order valence-corrected chi connectivity index (χ3v) is 4.89. The van der Waals surface area contributed by atoms with Gasteiger partial charge in [0.05, 0.1) is 16.6 Å². The number of hydrogen-bond donors (Lipinski definition) is 0. The summed E-state index contributed by atoms with van der Waals surface area (Å²) in [5.41, 5.74) is 5.32. The number of aryl methyl sites for hydroxylation is 1. The first kappa shape index (κ1) is 14.0. The highest BCUT2D eigenvalue weighted by Crippen LogP contribution is 2.34. The van der Waals surface area contributed by atoms with Crippen LogP contribution in [0, 0.1) is 18.3 Å². The Balaban J connectivity index is 2.16. The van der Waals surface area contributed by atoms with E-state index in [1.54, 1.807) is 0 Å². The Morgan fingerprint density at radius 1 is 0.957 bits per heavy atom. The summed E-state index contributed by atoms with van der Waals surface area (Å²) in [6.07, 6.45) is 0. The lowest BCUT2D eigenvalue weighted by atomic mass is 10.1. The van der Waals surface area contributed by atoms with E-state index < -0.39 is 0 Å².